The lowest BCUT2D eigenvalue weighted by Gasteiger charge is -2.48. The van der Waals surface area contributed by atoms with E-state index in [1.807, 2.05) is 0 Å². The Balaban J connectivity index is 1.60. The van der Waals surface area contributed by atoms with Crippen molar-refractivity contribution in [3.63, 3.8) is 0 Å². The summed E-state index contributed by atoms with van der Waals surface area (Å²) in [5, 5.41) is 3.88. The maximum absolute atomic E-state index is 3.88. The van der Waals surface area contributed by atoms with Gasteiger partial charge in [0.1, 0.15) is 0 Å². The summed E-state index contributed by atoms with van der Waals surface area (Å²) in [6.45, 7) is 11.1. The first-order valence-electron chi connectivity index (χ1n) is 9.49. The van der Waals surface area contributed by atoms with E-state index in [0.717, 1.165) is 18.0 Å². The summed E-state index contributed by atoms with van der Waals surface area (Å²) < 4.78 is 0. The van der Waals surface area contributed by atoms with Crippen molar-refractivity contribution < 1.29 is 0 Å². The Morgan fingerprint density at radius 1 is 1.00 bits per heavy atom. The highest BCUT2D eigenvalue weighted by molar-refractivity contribution is 4.93. The standard InChI is InChI=1S/C18H35N3/c1-3-20-11-7-10-17(13-20)21-14-18(19-12-15(21)2)16-8-5-4-6-9-16/h15-19H,3-14H2,1-2H3. The monoisotopic (exact) mass is 293 g/mol. The van der Waals surface area contributed by atoms with Gasteiger partial charge in [-0.2, -0.15) is 0 Å². The second kappa shape index (κ2) is 7.43. The van der Waals surface area contributed by atoms with Crippen molar-refractivity contribution in [1.29, 1.82) is 0 Å². The number of piperazine rings is 1. The van der Waals surface area contributed by atoms with Gasteiger partial charge in [0.05, 0.1) is 0 Å². The molecule has 0 radical (unpaired) electrons. The maximum atomic E-state index is 3.88. The van der Waals surface area contributed by atoms with Gasteiger partial charge < -0.3 is 10.2 Å². The molecule has 2 aliphatic heterocycles. The first-order valence-corrected chi connectivity index (χ1v) is 9.49. The Morgan fingerprint density at radius 3 is 2.57 bits per heavy atom. The van der Waals surface area contributed by atoms with Gasteiger partial charge in [0.25, 0.3) is 0 Å². The van der Waals surface area contributed by atoms with Gasteiger partial charge in [0.2, 0.25) is 0 Å². The molecule has 0 spiro atoms. The lowest BCUT2D eigenvalue weighted by Crippen LogP contribution is -2.62. The van der Waals surface area contributed by atoms with Crippen molar-refractivity contribution in [3.8, 4) is 0 Å². The molecular weight excluding hydrogens is 258 g/mol. The van der Waals surface area contributed by atoms with Crippen LogP contribution in [0.1, 0.15) is 58.8 Å². The average molecular weight is 293 g/mol. The molecule has 0 amide bonds. The molecule has 21 heavy (non-hydrogen) atoms. The van der Waals surface area contributed by atoms with E-state index in [4.69, 9.17) is 0 Å². The number of hydrogen-bond donors (Lipinski definition) is 1. The predicted octanol–water partition coefficient (Wildman–Crippen LogP) is 2.71. The van der Waals surface area contributed by atoms with E-state index < -0.39 is 0 Å². The molecule has 1 N–H and O–H groups in total. The van der Waals surface area contributed by atoms with Gasteiger partial charge >= 0.3 is 0 Å². The van der Waals surface area contributed by atoms with E-state index in [9.17, 15) is 0 Å². The molecule has 0 aromatic heterocycles. The van der Waals surface area contributed by atoms with Crippen LogP contribution >= 0.6 is 0 Å². The van der Waals surface area contributed by atoms with Crippen LogP contribution in [0.5, 0.6) is 0 Å². The zero-order chi connectivity index (χ0) is 14.7. The minimum atomic E-state index is 0.714. The Bertz CT molecular complexity index is 314. The third kappa shape index (κ3) is 3.80. The largest absolute Gasteiger partial charge is 0.311 e. The molecule has 3 nitrogen and oxygen atoms in total. The van der Waals surface area contributed by atoms with Crippen molar-refractivity contribution in [1.82, 2.24) is 15.1 Å². The fraction of sp³-hybridized carbons (Fsp3) is 1.00. The molecule has 1 saturated carbocycles. The number of piperidine rings is 1. The molecule has 122 valence electrons. The Morgan fingerprint density at radius 2 is 1.81 bits per heavy atom. The number of nitrogens with one attached hydrogen (secondary N) is 1. The summed E-state index contributed by atoms with van der Waals surface area (Å²) in [7, 11) is 0. The summed E-state index contributed by atoms with van der Waals surface area (Å²) in [4.78, 5) is 5.51. The van der Waals surface area contributed by atoms with E-state index in [1.54, 1.807) is 0 Å². The van der Waals surface area contributed by atoms with Crippen LogP contribution in [0.4, 0.5) is 0 Å². The summed E-state index contributed by atoms with van der Waals surface area (Å²) >= 11 is 0. The van der Waals surface area contributed by atoms with Gasteiger partial charge in [0.15, 0.2) is 0 Å². The van der Waals surface area contributed by atoms with Gasteiger partial charge in [-0.15, -0.1) is 0 Å². The molecule has 1 aliphatic carbocycles. The molecule has 3 fully saturated rings. The highest BCUT2D eigenvalue weighted by atomic mass is 15.3. The summed E-state index contributed by atoms with van der Waals surface area (Å²) in [5.74, 6) is 0.944. The number of rotatable bonds is 3. The molecule has 0 aromatic carbocycles. The Kier molecular flexibility index (Phi) is 5.58. The highest BCUT2D eigenvalue weighted by Crippen LogP contribution is 2.30. The van der Waals surface area contributed by atoms with E-state index >= 15 is 0 Å². The third-order valence-corrected chi connectivity index (χ3v) is 6.26. The first kappa shape index (κ1) is 15.8. The van der Waals surface area contributed by atoms with Crippen LogP contribution in [-0.2, 0) is 0 Å². The molecule has 0 bridgehead atoms. The van der Waals surface area contributed by atoms with Crippen LogP contribution in [-0.4, -0.2) is 60.6 Å². The molecule has 3 atom stereocenters. The smallest absolute Gasteiger partial charge is 0.0227 e. The third-order valence-electron chi connectivity index (χ3n) is 6.26. The van der Waals surface area contributed by atoms with Crippen molar-refractivity contribution >= 4 is 0 Å². The molecule has 0 aromatic rings. The Hall–Kier alpha value is -0.120. The second-order valence-corrected chi connectivity index (χ2v) is 7.65. The van der Waals surface area contributed by atoms with Crippen LogP contribution in [0.3, 0.4) is 0 Å². The van der Waals surface area contributed by atoms with Gasteiger partial charge in [-0.25, -0.2) is 0 Å². The van der Waals surface area contributed by atoms with Crippen LogP contribution in [0.2, 0.25) is 0 Å². The fourth-order valence-electron chi connectivity index (χ4n) is 4.86. The van der Waals surface area contributed by atoms with Crippen LogP contribution in [0.25, 0.3) is 0 Å². The molecule has 3 rings (SSSR count). The first-order chi connectivity index (χ1) is 10.3. The van der Waals surface area contributed by atoms with Gasteiger partial charge in [-0.3, -0.25) is 4.90 Å². The minimum Gasteiger partial charge on any atom is -0.311 e. The van der Waals surface area contributed by atoms with Crippen LogP contribution < -0.4 is 5.32 Å². The second-order valence-electron chi connectivity index (χ2n) is 7.65. The zero-order valence-electron chi connectivity index (χ0n) is 14.2. The Labute approximate surface area is 131 Å². The lowest BCUT2D eigenvalue weighted by atomic mass is 9.82. The zero-order valence-corrected chi connectivity index (χ0v) is 14.2. The van der Waals surface area contributed by atoms with Gasteiger partial charge in [0, 0.05) is 37.8 Å². The molecule has 3 aliphatic rings. The quantitative estimate of drug-likeness (QED) is 0.863. The highest BCUT2D eigenvalue weighted by Gasteiger charge is 2.35. The summed E-state index contributed by atoms with van der Waals surface area (Å²) in [5.41, 5.74) is 0. The van der Waals surface area contributed by atoms with E-state index in [0.29, 0.717) is 6.04 Å². The number of nitrogens with zero attached hydrogens (tertiary/aromatic N) is 2. The number of likely N-dealkylation sites (tertiary alicyclic amines) is 1. The normalized spacial score (nSPS) is 37.7. The van der Waals surface area contributed by atoms with Crippen molar-refractivity contribution in [2.24, 2.45) is 5.92 Å². The van der Waals surface area contributed by atoms with Crippen LogP contribution in [0.15, 0.2) is 0 Å². The van der Waals surface area contributed by atoms with Crippen LogP contribution in [0, 0.1) is 5.92 Å². The lowest BCUT2D eigenvalue weighted by molar-refractivity contribution is 0.0290. The molecule has 2 saturated heterocycles. The van der Waals surface area contributed by atoms with Crippen molar-refractivity contribution in [2.75, 3.05) is 32.7 Å². The van der Waals surface area contributed by atoms with Gasteiger partial charge in [-0.1, -0.05) is 26.2 Å². The molecular formula is C18H35N3. The predicted molar refractivity (Wildman–Crippen MR) is 89.7 cm³/mol. The van der Waals surface area contributed by atoms with Crippen molar-refractivity contribution in [3.05, 3.63) is 0 Å². The van der Waals surface area contributed by atoms with E-state index in [1.165, 1.54) is 77.7 Å². The SMILES string of the molecule is CCN1CCCC(N2CC(C3CCCCC3)NCC2C)C1. The summed E-state index contributed by atoms with van der Waals surface area (Å²) in [6.07, 6.45) is 10.1. The van der Waals surface area contributed by atoms with E-state index in [2.05, 4.69) is 29.0 Å². The van der Waals surface area contributed by atoms with Gasteiger partial charge in [-0.05, 0) is 51.6 Å². The minimum absolute atomic E-state index is 0.714. The molecule has 3 heteroatoms. The van der Waals surface area contributed by atoms with Crippen molar-refractivity contribution in [2.45, 2.75) is 76.9 Å². The molecule has 2 heterocycles. The number of hydrogen-bond acceptors (Lipinski definition) is 3. The van der Waals surface area contributed by atoms with E-state index in [-0.39, 0.29) is 0 Å². The topological polar surface area (TPSA) is 18.5 Å². The maximum Gasteiger partial charge on any atom is 0.0227 e. The number of likely N-dealkylation sites (N-methyl/N-ethyl adjacent to an activating group) is 1. The average Bonchev–Trinajstić information content (AvgIpc) is 2.56. The summed E-state index contributed by atoms with van der Waals surface area (Å²) in [6, 6.07) is 2.28. The fourth-order valence-corrected chi connectivity index (χ4v) is 4.86. The molecule has 3 unspecified atom stereocenters.